The maximum Gasteiger partial charge on any atom is 0.254 e. The molecule has 3 heterocycles. The molecule has 0 bridgehead atoms. The van der Waals surface area contributed by atoms with Crippen molar-refractivity contribution in [1.82, 2.24) is 19.2 Å². The van der Waals surface area contributed by atoms with Crippen LogP contribution in [0.2, 0.25) is 0 Å². The third-order valence-corrected chi connectivity index (χ3v) is 6.21. The summed E-state index contributed by atoms with van der Waals surface area (Å²) in [6.07, 6.45) is 7.07. The molecule has 5 rings (SSSR count). The lowest BCUT2D eigenvalue weighted by Gasteiger charge is -2.38. The van der Waals surface area contributed by atoms with Crippen LogP contribution in [-0.4, -0.2) is 57.2 Å². The van der Waals surface area contributed by atoms with E-state index < -0.39 is 0 Å². The largest absolute Gasteiger partial charge is 0.487 e. The minimum Gasteiger partial charge on any atom is -0.487 e. The van der Waals surface area contributed by atoms with Gasteiger partial charge >= 0.3 is 0 Å². The van der Waals surface area contributed by atoms with Crippen molar-refractivity contribution in [3.63, 3.8) is 0 Å². The first-order chi connectivity index (χ1) is 15.2. The van der Waals surface area contributed by atoms with Crippen LogP contribution in [0.25, 0.3) is 5.65 Å². The summed E-state index contributed by atoms with van der Waals surface area (Å²) < 4.78 is 7.85. The molecule has 0 radical (unpaired) electrons. The Morgan fingerprint density at radius 1 is 1.00 bits per heavy atom. The summed E-state index contributed by atoms with van der Waals surface area (Å²) in [5, 5.41) is 0. The molecule has 7 nitrogen and oxygen atoms in total. The topological polar surface area (TPSA) is 67.2 Å². The van der Waals surface area contributed by atoms with Crippen LogP contribution in [0.4, 0.5) is 0 Å². The summed E-state index contributed by atoms with van der Waals surface area (Å²) >= 11 is 0. The molecule has 2 aliphatic rings. The molecule has 3 aromatic rings. The van der Waals surface area contributed by atoms with Crippen molar-refractivity contribution in [1.29, 1.82) is 0 Å². The number of piperazine rings is 1. The van der Waals surface area contributed by atoms with Crippen molar-refractivity contribution in [3.05, 3.63) is 66.1 Å². The zero-order valence-corrected chi connectivity index (χ0v) is 17.4. The summed E-state index contributed by atoms with van der Waals surface area (Å²) in [6, 6.07) is 13.1. The number of rotatable bonds is 5. The quantitative estimate of drug-likeness (QED) is 0.639. The van der Waals surface area contributed by atoms with Gasteiger partial charge in [0.05, 0.1) is 5.69 Å². The second kappa shape index (κ2) is 8.41. The van der Waals surface area contributed by atoms with Crippen LogP contribution in [0.3, 0.4) is 0 Å². The van der Waals surface area contributed by atoms with Crippen molar-refractivity contribution in [2.24, 2.45) is 5.92 Å². The molecule has 160 valence electrons. The molecular formula is C24H26N4O3. The number of imidazole rings is 1. The predicted molar refractivity (Wildman–Crippen MR) is 116 cm³/mol. The lowest BCUT2D eigenvalue weighted by atomic mass is 9.84. The van der Waals surface area contributed by atoms with Gasteiger partial charge in [0.25, 0.3) is 5.91 Å². The van der Waals surface area contributed by atoms with Crippen LogP contribution in [0.15, 0.2) is 54.9 Å². The number of ether oxygens (including phenoxy) is 1. The molecule has 2 fully saturated rings. The van der Waals surface area contributed by atoms with Crippen molar-refractivity contribution in [3.8, 4) is 5.75 Å². The highest BCUT2D eigenvalue weighted by molar-refractivity contribution is 5.94. The molecule has 1 aliphatic carbocycles. The molecule has 0 N–H and O–H groups in total. The van der Waals surface area contributed by atoms with E-state index in [-0.39, 0.29) is 17.7 Å². The Morgan fingerprint density at radius 2 is 1.81 bits per heavy atom. The fraction of sp³-hybridized carbons (Fsp3) is 0.375. The molecular weight excluding hydrogens is 392 g/mol. The summed E-state index contributed by atoms with van der Waals surface area (Å²) in [5.74, 6) is 1.10. The van der Waals surface area contributed by atoms with E-state index in [0.29, 0.717) is 44.1 Å². The molecule has 0 spiro atoms. The Morgan fingerprint density at radius 3 is 2.55 bits per heavy atom. The Balaban J connectivity index is 1.18. The molecule has 1 aliphatic heterocycles. The number of amides is 2. The van der Waals surface area contributed by atoms with Crippen molar-refractivity contribution in [2.45, 2.75) is 25.9 Å². The van der Waals surface area contributed by atoms with Gasteiger partial charge in [-0.3, -0.25) is 9.59 Å². The third-order valence-electron chi connectivity index (χ3n) is 6.21. The fourth-order valence-electron chi connectivity index (χ4n) is 4.16. The molecule has 0 unspecified atom stereocenters. The number of carbonyl (C=O) groups is 2. The predicted octanol–water partition coefficient (Wildman–Crippen LogP) is 3.00. The number of aromatic nitrogens is 2. The zero-order chi connectivity index (χ0) is 21.2. The van der Waals surface area contributed by atoms with Crippen LogP contribution < -0.4 is 4.74 Å². The van der Waals surface area contributed by atoms with Gasteiger partial charge in [0.1, 0.15) is 18.0 Å². The van der Waals surface area contributed by atoms with E-state index in [9.17, 15) is 9.59 Å². The lowest BCUT2D eigenvalue weighted by molar-refractivity contribution is -0.139. The molecule has 1 aromatic carbocycles. The van der Waals surface area contributed by atoms with Crippen LogP contribution >= 0.6 is 0 Å². The number of carbonyl (C=O) groups excluding carboxylic acids is 2. The molecule has 7 heteroatoms. The highest BCUT2D eigenvalue weighted by Crippen LogP contribution is 2.28. The molecule has 2 aromatic heterocycles. The first-order valence-corrected chi connectivity index (χ1v) is 10.9. The van der Waals surface area contributed by atoms with Gasteiger partial charge in [0.2, 0.25) is 5.91 Å². The number of hydrogen-bond donors (Lipinski definition) is 0. The Labute approximate surface area is 181 Å². The minimum absolute atomic E-state index is 0.0195. The van der Waals surface area contributed by atoms with Gasteiger partial charge in [-0.05, 0) is 43.2 Å². The second-order valence-corrected chi connectivity index (χ2v) is 8.26. The average molecular weight is 418 g/mol. The first kappa shape index (κ1) is 19.6. The van der Waals surface area contributed by atoms with Crippen LogP contribution in [-0.2, 0) is 11.4 Å². The van der Waals surface area contributed by atoms with Gasteiger partial charge in [-0.15, -0.1) is 0 Å². The van der Waals surface area contributed by atoms with Gasteiger partial charge in [-0.2, -0.15) is 0 Å². The van der Waals surface area contributed by atoms with Gasteiger partial charge in [0.15, 0.2) is 0 Å². The number of nitrogens with zero attached hydrogens (tertiary/aromatic N) is 4. The van der Waals surface area contributed by atoms with Gasteiger partial charge in [-0.1, -0.05) is 18.6 Å². The van der Waals surface area contributed by atoms with Crippen molar-refractivity contribution in [2.75, 3.05) is 26.2 Å². The first-order valence-electron chi connectivity index (χ1n) is 10.9. The summed E-state index contributed by atoms with van der Waals surface area (Å²) in [7, 11) is 0. The van der Waals surface area contributed by atoms with Crippen molar-refractivity contribution < 1.29 is 14.3 Å². The van der Waals surface area contributed by atoms with E-state index in [1.807, 2.05) is 63.0 Å². The van der Waals surface area contributed by atoms with E-state index in [4.69, 9.17) is 4.74 Å². The lowest BCUT2D eigenvalue weighted by Crippen LogP contribution is -2.52. The fourth-order valence-corrected chi connectivity index (χ4v) is 4.16. The van der Waals surface area contributed by atoms with E-state index >= 15 is 0 Å². The normalized spacial score (nSPS) is 16.9. The summed E-state index contributed by atoms with van der Waals surface area (Å²) in [6.45, 7) is 2.71. The highest BCUT2D eigenvalue weighted by Gasteiger charge is 2.32. The maximum absolute atomic E-state index is 13.0. The number of hydrogen-bond acceptors (Lipinski definition) is 4. The van der Waals surface area contributed by atoms with E-state index in [1.165, 1.54) is 0 Å². The summed E-state index contributed by atoms with van der Waals surface area (Å²) in [5.41, 5.74) is 2.31. The Kier molecular flexibility index (Phi) is 5.32. The number of pyridine rings is 1. The Hall–Kier alpha value is -3.35. The van der Waals surface area contributed by atoms with Gasteiger partial charge in [-0.25, -0.2) is 4.98 Å². The average Bonchev–Trinajstić information content (AvgIpc) is 3.19. The van der Waals surface area contributed by atoms with Gasteiger partial charge < -0.3 is 18.9 Å². The monoisotopic (exact) mass is 418 g/mol. The highest BCUT2D eigenvalue weighted by atomic mass is 16.5. The molecule has 1 saturated carbocycles. The smallest absolute Gasteiger partial charge is 0.254 e. The SMILES string of the molecule is O=C(c1cccc(OCc2cn3ccccc3n2)c1)N1CCN(C(=O)C2CCC2)CC1. The van der Waals surface area contributed by atoms with Crippen molar-refractivity contribution >= 4 is 17.5 Å². The standard InChI is InChI=1S/C24H26N4O3/c29-23(18-5-3-6-18)26-11-13-27(14-12-26)24(30)19-7-4-8-21(15-19)31-17-20-16-28-10-2-1-9-22(28)25-20/h1-2,4,7-10,15-16,18H,3,5-6,11-14,17H2. The van der Waals surface area contributed by atoms with E-state index in [0.717, 1.165) is 30.6 Å². The molecule has 31 heavy (non-hydrogen) atoms. The third kappa shape index (κ3) is 4.13. The van der Waals surface area contributed by atoms with Crippen LogP contribution in [0.1, 0.15) is 35.3 Å². The molecule has 2 amide bonds. The molecule has 0 atom stereocenters. The van der Waals surface area contributed by atoms with Crippen LogP contribution in [0.5, 0.6) is 5.75 Å². The number of fused-ring (bicyclic) bond motifs is 1. The second-order valence-electron chi connectivity index (χ2n) is 8.26. The van der Waals surface area contributed by atoms with E-state index in [1.54, 1.807) is 6.07 Å². The Bertz CT molecular complexity index is 1060. The van der Waals surface area contributed by atoms with Crippen LogP contribution in [0, 0.1) is 5.92 Å². The number of benzene rings is 1. The van der Waals surface area contributed by atoms with E-state index in [2.05, 4.69) is 4.98 Å². The maximum atomic E-state index is 13.0. The summed E-state index contributed by atoms with van der Waals surface area (Å²) in [4.78, 5) is 33.7. The van der Waals surface area contributed by atoms with Gasteiger partial charge in [0, 0.05) is 50.1 Å². The molecule has 1 saturated heterocycles. The zero-order valence-electron chi connectivity index (χ0n) is 17.4. The minimum atomic E-state index is -0.0195.